The number of esters is 4. The van der Waals surface area contributed by atoms with Crippen molar-refractivity contribution in [2.24, 2.45) is 4.99 Å². The van der Waals surface area contributed by atoms with E-state index >= 15 is 0 Å². The smallest absolute Gasteiger partial charge is 0.303 e. The molecule has 2 aliphatic rings. The van der Waals surface area contributed by atoms with Crippen LogP contribution in [0.15, 0.2) is 52.5 Å². The first kappa shape index (κ1) is 32.2. The first-order valence-electron chi connectivity index (χ1n) is 12.8. The Kier molecular flexibility index (Phi) is 10.6. The third kappa shape index (κ3) is 8.22. The van der Waals surface area contributed by atoms with Gasteiger partial charge in [-0.15, -0.1) is 11.3 Å². The van der Waals surface area contributed by atoms with Gasteiger partial charge in [0.25, 0.3) is 5.91 Å². The Morgan fingerprint density at radius 1 is 0.953 bits per heavy atom. The van der Waals surface area contributed by atoms with E-state index in [4.69, 9.17) is 35.3 Å². The molecule has 0 bridgehead atoms. The predicted molar refractivity (Wildman–Crippen MR) is 158 cm³/mol. The number of hydrogen-bond donors (Lipinski definition) is 0. The Balaban J connectivity index is 1.78. The molecule has 2 aromatic rings. The molecule has 0 N–H and O–H groups in total. The minimum Gasteiger partial charge on any atom is -0.463 e. The summed E-state index contributed by atoms with van der Waals surface area (Å²) in [5, 5.41) is 2.46. The average molecular weight is 651 g/mol. The van der Waals surface area contributed by atoms with Crippen LogP contribution in [-0.4, -0.2) is 71.4 Å². The van der Waals surface area contributed by atoms with Gasteiger partial charge in [0.05, 0.1) is 5.69 Å². The molecule has 3 heterocycles. The number of halogens is 1. The minimum atomic E-state index is -1.36. The van der Waals surface area contributed by atoms with Gasteiger partial charge in [-0.25, -0.2) is 4.99 Å². The summed E-state index contributed by atoms with van der Waals surface area (Å²) in [6, 6.07) is 10.2. The van der Waals surface area contributed by atoms with E-state index in [1.54, 1.807) is 30.3 Å². The number of thiophene rings is 1. The molecule has 12 nitrogen and oxygen atoms in total. The molecule has 0 spiro atoms. The fourth-order valence-corrected chi connectivity index (χ4v) is 6.26. The summed E-state index contributed by atoms with van der Waals surface area (Å²) in [4.78, 5) is 68.4. The number of amides is 1. The first-order chi connectivity index (χ1) is 20.4. The lowest BCUT2D eigenvalue weighted by atomic mass is 9.99. The summed E-state index contributed by atoms with van der Waals surface area (Å²) in [6.07, 6.45) is -3.52. The number of nitrogens with zero attached hydrogens (tertiary/aromatic N) is 2. The molecule has 15 heteroatoms. The zero-order valence-electron chi connectivity index (χ0n) is 23.4. The second-order valence-corrected chi connectivity index (χ2v) is 11.7. The Morgan fingerprint density at radius 2 is 1.58 bits per heavy atom. The van der Waals surface area contributed by atoms with E-state index in [-0.39, 0.29) is 17.5 Å². The van der Waals surface area contributed by atoms with Gasteiger partial charge in [-0.3, -0.25) is 28.9 Å². The summed E-state index contributed by atoms with van der Waals surface area (Å²) in [5.74, 6) is -3.32. The largest absolute Gasteiger partial charge is 0.463 e. The van der Waals surface area contributed by atoms with Gasteiger partial charge in [0, 0.05) is 37.6 Å². The Labute approximate surface area is 259 Å². The minimum absolute atomic E-state index is 0.130. The molecular formula is C28H27ClN2O10S2. The van der Waals surface area contributed by atoms with Gasteiger partial charge in [-0.1, -0.05) is 29.4 Å². The average Bonchev–Trinajstić information content (AvgIpc) is 3.54. The second kappa shape index (κ2) is 14.2. The zero-order valence-corrected chi connectivity index (χ0v) is 25.8. The summed E-state index contributed by atoms with van der Waals surface area (Å²) < 4.78 is 27.8. The summed E-state index contributed by atoms with van der Waals surface area (Å²) in [7, 11) is 0. The van der Waals surface area contributed by atoms with Crippen molar-refractivity contribution in [1.82, 2.24) is 0 Å². The van der Waals surface area contributed by atoms with Crippen LogP contribution in [0.1, 0.15) is 32.6 Å². The first-order valence-corrected chi connectivity index (χ1v) is 15.0. The van der Waals surface area contributed by atoms with Crippen molar-refractivity contribution in [2.45, 2.75) is 57.5 Å². The maximum Gasteiger partial charge on any atom is 0.303 e. The number of hydrogen-bond acceptors (Lipinski definition) is 13. The van der Waals surface area contributed by atoms with Crippen molar-refractivity contribution in [3.63, 3.8) is 0 Å². The number of carbonyl (C=O) groups excluding carboxylic acids is 5. The second-order valence-electron chi connectivity index (χ2n) is 9.24. The van der Waals surface area contributed by atoms with Gasteiger partial charge < -0.3 is 23.7 Å². The SMILES string of the molecule is CC(=O)OCC1OC(SC2=NC(=Cc3cccs3)C(=O)N2c2ccc(Cl)cc2)C(OC(C)=O)C(OC(C)=O)C1OC(C)=O. The number of ether oxygens (including phenoxy) is 5. The number of anilines is 1. The van der Waals surface area contributed by atoms with E-state index in [0.717, 1.165) is 37.4 Å². The van der Waals surface area contributed by atoms with E-state index in [9.17, 15) is 24.0 Å². The van der Waals surface area contributed by atoms with E-state index in [1.165, 1.54) is 23.2 Å². The lowest BCUT2D eigenvalue weighted by Crippen LogP contribution is -2.61. The molecule has 1 saturated heterocycles. The highest BCUT2D eigenvalue weighted by Gasteiger charge is 2.53. The zero-order chi connectivity index (χ0) is 31.3. The Hall–Kier alpha value is -3.72. The maximum absolute atomic E-state index is 13.6. The molecule has 4 rings (SSSR count). The molecular weight excluding hydrogens is 624 g/mol. The van der Waals surface area contributed by atoms with Crippen LogP contribution in [0.4, 0.5) is 5.69 Å². The maximum atomic E-state index is 13.6. The van der Waals surface area contributed by atoms with Crippen LogP contribution in [0.2, 0.25) is 5.02 Å². The molecule has 0 aliphatic carbocycles. The van der Waals surface area contributed by atoms with E-state index in [0.29, 0.717) is 10.7 Å². The van der Waals surface area contributed by atoms with Gasteiger partial charge >= 0.3 is 23.9 Å². The van der Waals surface area contributed by atoms with Crippen LogP contribution < -0.4 is 4.90 Å². The highest BCUT2D eigenvalue weighted by molar-refractivity contribution is 8.14. The van der Waals surface area contributed by atoms with Crippen LogP contribution in [0.3, 0.4) is 0 Å². The van der Waals surface area contributed by atoms with Crippen molar-refractivity contribution < 1.29 is 47.7 Å². The van der Waals surface area contributed by atoms with Crippen molar-refractivity contribution in [1.29, 1.82) is 0 Å². The fourth-order valence-electron chi connectivity index (χ4n) is 4.29. The molecule has 0 saturated carbocycles. The Morgan fingerprint density at radius 3 is 2.16 bits per heavy atom. The molecule has 5 atom stereocenters. The molecule has 5 unspecified atom stereocenters. The number of carbonyl (C=O) groups is 5. The summed E-state index contributed by atoms with van der Waals surface area (Å²) in [5.41, 5.74) is -0.602. The van der Waals surface area contributed by atoms with E-state index in [2.05, 4.69) is 4.99 Å². The van der Waals surface area contributed by atoms with Crippen LogP contribution >= 0.6 is 34.7 Å². The molecule has 1 aromatic heterocycles. The quantitative estimate of drug-likeness (QED) is 0.232. The van der Waals surface area contributed by atoms with Crippen LogP contribution in [0.25, 0.3) is 6.08 Å². The number of benzene rings is 1. The van der Waals surface area contributed by atoms with Gasteiger partial charge in [-0.05, 0) is 41.8 Å². The number of amidine groups is 1. The van der Waals surface area contributed by atoms with Crippen LogP contribution in [-0.2, 0) is 47.7 Å². The topological polar surface area (TPSA) is 147 Å². The molecule has 228 valence electrons. The van der Waals surface area contributed by atoms with E-state index in [1.807, 2.05) is 17.5 Å². The third-order valence-corrected chi connectivity index (χ3v) is 8.07. The fraction of sp³-hybridized carbons (Fsp3) is 0.357. The summed E-state index contributed by atoms with van der Waals surface area (Å²) >= 11 is 8.41. The molecule has 43 heavy (non-hydrogen) atoms. The predicted octanol–water partition coefficient (Wildman–Crippen LogP) is 3.96. The molecule has 0 radical (unpaired) electrons. The lowest BCUT2D eigenvalue weighted by Gasteiger charge is -2.44. The highest BCUT2D eigenvalue weighted by Crippen LogP contribution is 2.39. The molecule has 1 aromatic carbocycles. The normalized spacial score (nSPS) is 24.3. The molecule has 1 amide bonds. The van der Waals surface area contributed by atoms with Gasteiger partial charge in [0.1, 0.15) is 18.4 Å². The lowest BCUT2D eigenvalue weighted by molar-refractivity contribution is -0.237. The third-order valence-electron chi connectivity index (χ3n) is 5.91. The molecule has 2 aliphatic heterocycles. The standard InChI is InChI=1S/C28H27ClN2O10S2/c1-14(32)37-13-22-23(38-15(2)33)24(39-16(3)34)25(40-17(4)35)27(41-22)43-28-30-21(12-20-6-5-11-42-20)26(36)31(28)19-9-7-18(29)8-10-19/h5-12,22-25,27H,13H2,1-4H3. The van der Waals surface area contributed by atoms with Crippen LogP contribution in [0.5, 0.6) is 0 Å². The van der Waals surface area contributed by atoms with Gasteiger partial charge in [0.2, 0.25) is 0 Å². The number of rotatable bonds is 8. The van der Waals surface area contributed by atoms with Crippen molar-refractivity contribution in [3.8, 4) is 0 Å². The number of aliphatic imine (C=N–C) groups is 1. The van der Waals surface area contributed by atoms with Gasteiger partial charge in [-0.2, -0.15) is 0 Å². The van der Waals surface area contributed by atoms with Gasteiger partial charge in [0.15, 0.2) is 28.9 Å². The monoisotopic (exact) mass is 650 g/mol. The van der Waals surface area contributed by atoms with Crippen LogP contribution in [0, 0.1) is 0 Å². The summed E-state index contributed by atoms with van der Waals surface area (Å²) in [6.45, 7) is 4.23. The van der Waals surface area contributed by atoms with Crippen molar-refractivity contribution in [3.05, 3.63) is 57.4 Å². The molecule has 1 fully saturated rings. The van der Waals surface area contributed by atoms with Crippen molar-refractivity contribution >= 4 is 81.4 Å². The highest BCUT2D eigenvalue weighted by atomic mass is 35.5. The number of thioether (sulfide) groups is 1. The Bertz CT molecular complexity index is 1440. The van der Waals surface area contributed by atoms with Crippen molar-refractivity contribution in [2.75, 3.05) is 11.5 Å². The van der Waals surface area contributed by atoms with E-state index < -0.39 is 59.6 Å².